The van der Waals surface area contributed by atoms with Gasteiger partial charge in [0, 0.05) is 52.4 Å². The summed E-state index contributed by atoms with van der Waals surface area (Å²) >= 11 is 0. The van der Waals surface area contributed by atoms with Crippen molar-refractivity contribution in [3.05, 3.63) is 59.2 Å². The van der Waals surface area contributed by atoms with E-state index in [4.69, 9.17) is 4.74 Å². The molecular weight excluding hydrogens is 532 g/mol. The maximum absolute atomic E-state index is 13.3. The van der Waals surface area contributed by atoms with Crippen LogP contribution in [0.2, 0.25) is 0 Å². The fraction of sp³-hybridized carbons (Fsp3) is 0.448. The van der Waals surface area contributed by atoms with Crippen LogP contribution in [0.4, 0.5) is 4.79 Å². The van der Waals surface area contributed by atoms with Crippen molar-refractivity contribution in [1.29, 1.82) is 0 Å². The molecule has 0 bridgehead atoms. The Balaban J connectivity index is 1.46. The minimum Gasteiger partial charge on any atom is -0.480 e. The molecule has 0 atom stereocenters. The summed E-state index contributed by atoms with van der Waals surface area (Å²) in [5, 5.41) is 28.1. The summed E-state index contributed by atoms with van der Waals surface area (Å²) in [6.07, 6.45) is 0.198. The van der Waals surface area contributed by atoms with E-state index in [-0.39, 0.29) is 78.6 Å². The number of aliphatic carboxylic acids is 3. The Morgan fingerprint density at radius 1 is 0.634 bits per heavy atom. The number of carboxylic acid groups (broad SMARTS) is 3. The van der Waals surface area contributed by atoms with Gasteiger partial charge in [-0.05, 0) is 34.2 Å². The highest BCUT2D eigenvalue weighted by atomic mass is 16.6. The zero-order valence-corrected chi connectivity index (χ0v) is 22.9. The standard InChI is InChI=1S/C29H36N4O8/c34-26(35)17-30-8-10-31(18-27(36)37)12-14-33(15-13-32(11-9-30)19-28(38)39)29(40)41-20-22-5-3-7-24-23-6-2-1-4-21(23)16-25(22)24/h1-7H,8-20H2,(H,34,35)(H,36,37)(H,38,39). The third kappa shape index (κ3) is 8.49. The van der Waals surface area contributed by atoms with Crippen LogP contribution in [0.5, 0.6) is 0 Å². The van der Waals surface area contributed by atoms with Gasteiger partial charge in [-0.2, -0.15) is 0 Å². The van der Waals surface area contributed by atoms with Crippen molar-refractivity contribution in [3.63, 3.8) is 0 Å². The summed E-state index contributed by atoms with van der Waals surface area (Å²) in [7, 11) is 0. The van der Waals surface area contributed by atoms with E-state index >= 15 is 0 Å². The monoisotopic (exact) mass is 568 g/mol. The maximum Gasteiger partial charge on any atom is 0.410 e. The number of carboxylic acids is 3. The van der Waals surface area contributed by atoms with Gasteiger partial charge < -0.3 is 25.0 Å². The predicted molar refractivity (Wildman–Crippen MR) is 149 cm³/mol. The van der Waals surface area contributed by atoms with Gasteiger partial charge >= 0.3 is 24.0 Å². The van der Waals surface area contributed by atoms with E-state index in [1.807, 2.05) is 24.3 Å². The number of nitrogens with zero attached hydrogens (tertiary/aromatic N) is 4. The van der Waals surface area contributed by atoms with Crippen molar-refractivity contribution in [2.75, 3.05) is 72.0 Å². The number of ether oxygens (including phenoxy) is 1. The van der Waals surface area contributed by atoms with E-state index in [1.54, 1.807) is 14.7 Å². The van der Waals surface area contributed by atoms with Gasteiger partial charge in [0.25, 0.3) is 0 Å². The highest BCUT2D eigenvalue weighted by Gasteiger charge is 2.24. The van der Waals surface area contributed by atoms with Gasteiger partial charge in [0.15, 0.2) is 0 Å². The molecule has 0 aromatic heterocycles. The second kappa shape index (κ2) is 14.1. The summed E-state index contributed by atoms with van der Waals surface area (Å²) in [5.41, 5.74) is 5.58. The maximum atomic E-state index is 13.3. The van der Waals surface area contributed by atoms with Gasteiger partial charge in [-0.1, -0.05) is 42.5 Å². The molecule has 3 N–H and O–H groups in total. The Hall–Kier alpha value is -4.00. The van der Waals surface area contributed by atoms with Crippen molar-refractivity contribution in [1.82, 2.24) is 19.6 Å². The van der Waals surface area contributed by atoms with Gasteiger partial charge in [-0.15, -0.1) is 0 Å². The van der Waals surface area contributed by atoms with Crippen LogP contribution in [0.15, 0.2) is 42.5 Å². The Morgan fingerprint density at radius 3 is 1.66 bits per heavy atom. The highest BCUT2D eigenvalue weighted by molar-refractivity contribution is 5.78. The van der Waals surface area contributed by atoms with Crippen molar-refractivity contribution < 1.29 is 39.2 Å². The van der Waals surface area contributed by atoms with Crippen molar-refractivity contribution in [2.24, 2.45) is 0 Å². The van der Waals surface area contributed by atoms with E-state index in [0.717, 1.165) is 23.1 Å². The van der Waals surface area contributed by atoms with Crippen molar-refractivity contribution >= 4 is 24.0 Å². The molecule has 2 aromatic carbocycles. The Bertz CT molecular complexity index is 1240. The molecule has 41 heavy (non-hydrogen) atoms. The van der Waals surface area contributed by atoms with Crippen LogP contribution in [0.3, 0.4) is 0 Å². The first-order chi connectivity index (χ1) is 19.7. The van der Waals surface area contributed by atoms with Gasteiger partial charge in [-0.25, -0.2) is 4.79 Å². The average Bonchev–Trinajstić information content (AvgIpc) is 3.30. The molecular formula is C29H36N4O8. The summed E-state index contributed by atoms with van der Waals surface area (Å²) in [6.45, 7) is 1.25. The normalized spacial score (nSPS) is 17.1. The predicted octanol–water partition coefficient (Wildman–Crippen LogP) is 1.37. The fourth-order valence-electron chi connectivity index (χ4n) is 5.36. The first-order valence-electron chi connectivity index (χ1n) is 13.6. The lowest BCUT2D eigenvalue weighted by Crippen LogP contribution is -2.49. The van der Waals surface area contributed by atoms with Gasteiger partial charge in [-0.3, -0.25) is 29.1 Å². The summed E-state index contributed by atoms with van der Waals surface area (Å²) in [5.74, 6) is -3.07. The summed E-state index contributed by atoms with van der Waals surface area (Å²) in [4.78, 5) is 54.1. The molecule has 0 radical (unpaired) electrons. The van der Waals surface area contributed by atoms with Gasteiger partial charge in [0.1, 0.15) is 6.61 Å². The second-order valence-corrected chi connectivity index (χ2v) is 10.3. The van der Waals surface area contributed by atoms with Crippen LogP contribution in [-0.2, 0) is 32.1 Å². The lowest BCUT2D eigenvalue weighted by Gasteiger charge is -2.32. The number of hydrogen-bond acceptors (Lipinski definition) is 8. The highest BCUT2D eigenvalue weighted by Crippen LogP contribution is 2.38. The topological polar surface area (TPSA) is 151 Å². The van der Waals surface area contributed by atoms with E-state index in [9.17, 15) is 34.5 Å². The number of hydrogen-bond donors (Lipinski definition) is 3. The number of fused-ring (bicyclic) bond motifs is 3. The molecule has 0 unspecified atom stereocenters. The van der Waals surface area contributed by atoms with Crippen LogP contribution < -0.4 is 0 Å². The van der Waals surface area contributed by atoms with Crippen LogP contribution >= 0.6 is 0 Å². The lowest BCUT2D eigenvalue weighted by molar-refractivity contribution is -0.140. The third-order valence-corrected chi connectivity index (χ3v) is 7.47. The molecule has 1 aliphatic heterocycles. The molecule has 4 rings (SSSR count). The van der Waals surface area contributed by atoms with E-state index < -0.39 is 24.0 Å². The molecule has 1 amide bonds. The first-order valence-corrected chi connectivity index (χ1v) is 13.6. The number of benzene rings is 2. The van der Waals surface area contributed by atoms with Crippen LogP contribution in [-0.4, -0.2) is 131 Å². The van der Waals surface area contributed by atoms with E-state index in [2.05, 4.69) is 18.2 Å². The molecule has 12 nitrogen and oxygen atoms in total. The minimum atomic E-state index is -1.03. The fourth-order valence-corrected chi connectivity index (χ4v) is 5.36. The van der Waals surface area contributed by atoms with Crippen molar-refractivity contribution in [3.8, 4) is 11.1 Å². The summed E-state index contributed by atoms with van der Waals surface area (Å²) < 4.78 is 5.75. The molecule has 2 aromatic rings. The molecule has 220 valence electrons. The third-order valence-electron chi connectivity index (χ3n) is 7.47. The minimum absolute atomic E-state index is 0.0777. The Labute approximate surface area is 238 Å². The molecule has 2 aliphatic rings. The molecule has 0 saturated carbocycles. The average molecular weight is 569 g/mol. The quantitative estimate of drug-likeness (QED) is 0.361. The molecule has 1 heterocycles. The van der Waals surface area contributed by atoms with Crippen LogP contribution in [0.25, 0.3) is 11.1 Å². The smallest absolute Gasteiger partial charge is 0.410 e. The van der Waals surface area contributed by atoms with Gasteiger partial charge in [0.05, 0.1) is 19.6 Å². The number of carbonyl (C=O) groups excluding carboxylic acids is 1. The zero-order chi connectivity index (χ0) is 29.4. The molecule has 1 aliphatic carbocycles. The Kier molecular flexibility index (Phi) is 10.3. The number of carbonyl (C=O) groups is 4. The van der Waals surface area contributed by atoms with E-state index in [0.29, 0.717) is 0 Å². The zero-order valence-electron chi connectivity index (χ0n) is 22.9. The molecule has 12 heteroatoms. The van der Waals surface area contributed by atoms with Crippen molar-refractivity contribution in [2.45, 2.75) is 13.0 Å². The lowest BCUT2D eigenvalue weighted by atomic mass is 10.0. The number of rotatable bonds is 8. The SMILES string of the molecule is O=C(O)CN1CCN(CC(=O)O)CCN(C(=O)OCc2cccc3c2Cc2ccccc2-3)CCN(CC(=O)O)CC1. The largest absolute Gasteiger partial charge is 0.480 e. The molecule has 1 saturated heterocycles. The molecule has 0 spiro atoms. The van der Waals surface area contributed by atoms with Gasteiger partial charge in [0.2, 0.25) is 0 Å². The Morgan fingerprint density at radius 2 is 1.12 bits per heavy atom. The summed E-state index contributed by atoms with van der Waals surface area (Å²) in [6, 6.07) is 14.1. The first kappa shape index (κ1) is 30.0. The second-order valence-electron chi connectivity index (χ2n) is 10.3. The molecule has 1 fully saturated rings. The van der Waals surface area contributed by atoms with Crippen LogP contribution in [0, 0.1) is 0 Å². The number of amides is 1. The van der Waals surface area contributed by atoms with Crippen LogP contribution in [0.1, 0.15) is 16.7 Å². The van der Waals surface area contributed by atoms with E-state index in [1.165, 1.54) is 16.0 Å².